The predicted molar refractivity (Wildman–Crippen MR) is 117 cm³/mol. The number of thioether (sulfide) groups is 1. The maximum atomic E-state index is 12.5. The van der Waals surface area contributed by atoms with E-state index in [-0.39, 0.29) is 17.1 Å². The summed E-state index contributed by atoms with van der Waals surface area (Å²) in [5, 5.41) is 8.84. The van der Waals surface area contributed by atoms with Gasteiger partial charge in [0, 0.05) is 27.3 Å². The molecule has 0 fully saturated rings. The van der Waals surface area contributed by atoms with Gasteiger partial charge >= 0.3 is 0 Å². The molecular weight excluding hydrogens is 410 g/mol. The lowest BCUT2D eigenvalue weighted by Crippen LogP contribution is -2.28. The molecule has 0 spiro atoms. The molecule has 3 heterocycles. The number of fused-ring (bicyclic) bond motifs is 1. The summed E-state index contributed by atoms with van der Waals surface area (Å²) in [7, 11) is 0. The lowest BCUT2D eigenvalue weighted by Gasteiger charge is -2.21. The molecule has 5 nitrogen and oxygen atoms in total. The predicted octanol–water partition coefficient (Wildman–Crippen LogP) is 4.59. The summed E-state index contributed by atoms with van der Waals surface area (Å²) in [5.41, 5.74) is 2.28. The minimum atomic E-state index is -0.132. The van der Waals surface area contributed by atoms with Gasteiger partial charge in [-0.1, -0.05) is 0 Å². The molecule has 3 aromatic rings. The zero-order valence-corrected chi connectivity index (χ0v) is 17.9. The minimum absolute atomic E-state index is 0.0288. The van der Waals surface area contributed by atoms with Crippen LogP contribution in [0.2, 0.25) is 0 Å². The van der Waals surface area contributed by atoms with Gasteiger partial charge in [-0.25, -0.2) is 4.98 Å². The zero-order valence-electron chi connectivity index (χ0n) is 15.4. The van der Waals surface area contributed by atoms with Gasteiger partial charge < -0.3 is 10.6 Å². The monoisotopic (exact) mass is 429 g/mol. The Bertz CT molecular complexity index is 1040. The van der Waals surface area contributed by atoms with Crippen LogP contribution >= 0.6 is 34.4 Å². The Labute approximate surface area is 175 Å². The molecule has 2 aromatic heterocycles. The van der Waals surface area contributed by atoms with Crippen molar-refractivity contribution in [1.82, 2.24) is 10.3 Å². The smallest absolute Gasteiger partial charge is 0.251 e. The Balaban J connectivity index is 1.34. The van der Waals surface area contributed by atoms with Crippen molar-refractivity contribution in [3.63, 3.8) is 0 Å². The minimum Gasteiger partial charge on any atom is -0.352 e. The first-order chi connectivity index (χ1) is 13.5. The number of carbonyl (C=O) groups excluding carboxylic acids is 2. The molecular formula is C20H19N3O2S3. The molecule has 0 radical (unpaired) electrons. The lowest BCUT2D eigenvalue weighted by molar-refractivity contribution is -0.115. The van der Waals surface area contributed by atoms with Crippen LogP contribution in [-0.2, 0) is 11.2 Å². The number of carbonyl (C=O) groups is 2. The number of aromatic nitrogens is 1. The van der Waals surface area contributed by atoms with Crippen molar-refractivity contribution in [2.45, 2.75) is 30.4 Å². The third kappa shape index (κ3) is 4.14. The maximum Gasteiger partial charge on any atom is 0.251 e. The number of rotatable bonds is 5. The van der Waals surface area contributed by atoms with E-state index < -0.39 is 0 Å². The highest BCUT2D eigenvalue weighted by Crippen LogP contribution is 2.36. The van der Waals surface area contributed by atoms with E-state index in [4.69, 9.17) is 0 Å². The first kappa shape index (κ1) is 19.2. The maximum absolute atomic E-state index is 12.5. The molecule has 28 heavy (non-hydrogen) atoms. The van der Waals surface area contributed by atoms with Crippen LogP contribution in [0.1, 0.15) is 27.2 Å². The van der Waals surface area contributed by atoms with Gasteiger partial charge in [0.25, 0.3) is 5.91 Å². The number of nitrogens with one attached hydrogen (secondary N) is 2. The van der Waals surface area contributed by atoms with Crippen LogP contribution in [0.25, 0.3) is 10.6 Å². The van der Waals surface area contributed by atoms with Crippen molar-refractivity contribution >= 4 is 51.9 Å². The van der Waals surface area contributed by atoms with Crippen LogP contribution < -0.4 is 10.6 Å². The number of nitrogens with zero attached hydrogens (tertiary/aromatic N) is 1. The highest BCUT2D eigenvalue weighted by atomic mass is 32.2. The van der Waals surface area contributed by atoms with Crippen LogP contribution in [0.15, 0.2) is 40.6 Å². The van der Waals surface area contributed by atoms with Gasteiger partial charge in [-0.3, -0.25) is 9.59 Å². The van der Waals surface area contributed by atoms with Gasteiger partial charge in [-0.2, -0.15) is 0 Å². The Hall–Kier alpha value is -2.16. The summed E-state index contributed by atoms with van der Waals surface area (Å²) in [5.74, 6) is -0.161. The van der Waals surface area contributed by atoms with Crippen LogP contribution in [0.4, 0.5) is 5.69 Å². The second-order valence-electron chi connectivity index (χ2n) is 6.48. The van der Waals surface area contributed by atoms with Crippen molar-refractivity contribution in [2.24, 2.45) is 0 Å². The van der Waals surface area contributed by atoms with E-state index >= 15 is 0 Å². The fourth-order valence-electron chi connectivity index (χ4n) is 2.88. The molecule has 4 rings (SSSR count). The highest BCUT2D eigenvalue weighted by molar-refractivity contribution is 8.00. The average Bonchev–Trinajstić information content (AvgIpc) is 3.31. The SMILES string of the molecule is Cc1nc(-c2ccc(CCNC(=O)c3ccc4c(c3)NC(=O)C(C)S4)s2)cs1. The Morgan fingerprint density at radius 2 is 2.14 bits per heavy atom. The molecule has 0 saturated carbocycles. The van der Waals surface area contributed by atoms with Crippen LogP contribution in [0.5, 0.6) is 0 Å². The van der Waals surface area contributed by atoms with Crippen LogP contribution in [0, 0.1) is 6.92 Å². The molecule has 0 bridgehead atoms. The van der Waals surface area contributed by atoms with E-state index in [0.717, 1.165) is 26.9 Å². The van der Waals surface area contributed by atoms with Crippen molar-refractivity contribution in [2.75, 3.05) is 11.9 Å². The van der Waals surface area contributed by atoms with Gasteiger partial charge in [0.1, 0.15) is 0 Å². The fourth-order valence-corrected chi connectivity index (χ4v) is 5.46. The lowest BCUT2D eigenvalue weighted by atomic mass is 10.1. The van der Waals surface area contributed by atoms with Crippen molar-refractivity contribution in [3.8, 4) is 10.6 Å². The number of thiophene rings is 1. The highest BCUT2D eigenvalue weighted by Gasteiger charge is 2.23. The molecule has 2 N–H and O–H groups in total. The van der Waals surface area contributed by atoms with E-state index in [9.17, 15) is 9.59 Å². The first-order valence-corrected chi connectivity index (χ1v) is 11.5. The molecule has 8 heteroatoms. The van der Waals surface area contributed by atoms with Gasteiger partial charge in [-0.15, -0.1) is 34.4 Å². The molecule has 0 aliphatic carbocycles. The summed E-state index contributed by atoms with van der Waals surface area (Å²) in [6.45, 7) is 4.43. The summed E-state index contributed by atoms with van der Waals surface area (Å²) in [6.07, 6.45) is 0.772. The summed E-state index contributed by atoms with van der Waals surface area (Å²) in [4.78, 5) is 32.2. The van der Waals surface area contributed by atoms with Gasteiger partial charge in [-0.05, 0) is 50.6 Å². The number of benzene rings is 1. The van der Waals surface area contributed by atoms with Crippen molar-refractivity contribution < 1.29 is 9.59 Å². The summed E-state index contributed by atoms with van der Waals surface area (Å²) in [6, 6.07) is 9.62. The molecule has 2 amide bonds. The summed E-state index contributed by atoms with van der Waals surface area (Å²) < 4.78 is 0. The van der Waals surface area contributed by atoms with E-state index in [2.05, 4.69) is 33.1 Å². The molecule has 1 unspecified atom stereocenters. The molecule has 1 atom stereocenters. The Kier molecular flexibility index (Phi) is 5.52. The molecule has 1 aliphatic heterocycles. The molecule has 144 valence electrons. The average molecular weight is 430 g/mol. The molecule has 1 aliphatic rings. The van der Waals surface area contributed by atoms with E-state index in [1.54, 1.807) is 34.8 Å². The normalized spacial score (nSPS) is 15.8. The zero-order chi connectivity index (χ0) is 19.7. The van der Waals surface area contributed by atoms with E-state index in [0.29, 0.717) is 17.8 Å². The number of aryl methyl sites for hydroxylation is 1. The number of hydrogen-bond acceptors (Lipinski definition) is 6. The van der Waals surface area contributed by atoms with Crippen molar-refractivity contribution in [3.05, 3.63) is 51.2 Å². The van der Waals surface area contributed by atoms with Gasteiger partial charge in [0.15, 0.2) is 0 Å². The standard InChI is InChI=1S/C20H19N3O2S3/c1-11-19(24)23-15-9-13(3-5-17(15)27-11)20(25)21-8-7-14-4-6-18(28-14)16-10-26-12(2)22-16/h3-6,9-11H,7-8H2,1-2H3,(H,21,25)(H,23,24). The number of hydrogen-bond donors (Lipinski definition) is 2. The number of anilines is 1. The van der Waals surface area contributed by atoms with Gasteiger partial charge in [0.2, 0.25) is 5.91 Å². The molecule has 1 aromatic carbocycles. The second-order valence-corrected chi connectivity index (χ2v) is 10.1. The third-order valence-electron chi connectivity index (χ3n) is 4.36. The quantitative estimate of drug-likeness (QED) is 0.623. The van der Waals surface area contributed by atoms with Crippen LogP contribution in [0.3, 0.4) is 0 Å². The summed E-state index contributed by atoms with van der Waals surface area (Å²) >= 11 is 4.87. The van der Waals surface area contributed by atoms with Crippen molar-refractivity contribution in [1.29, 1.82) is 0 Å². The third-order valence-corrected chi connectivity index (χ3v) is 7.48. The van der Waals surface area contributed by atoms with E-state index in [1.165, 1.54) is 16.6 Å². The number of amides is 2. The first-order valence-electron chi connectivity index (χ1n) is 8.90. The Morgan fingerprint density at radius 1 is 1.29 bits per heavy atom. The van der Waals surface area contributed by atoms with Crippen LogP contribution in [-0.4, -0.2) is 28.6 Å². The number of thiazole rings is 1. The van der Waals surface area contributed by atoms with E-state index in [1.807, 2.05) is 19.9 Å². The second kappa shape index (κ2) is 8.06. The van der Waals surface area contributed by atoms with Gasteiger partial charge in [0.05, 0.1) is 26.5 Å². The largest absolute Gasteiger partial charge is 0.352 e. The fraction of sp³-hybridized carbons (Fsp3) is 0.250. The molecule has 0 saturated heterocycles. The topological polar surface area (TPSA) is 71.1 Å². The Morgan fingerprint density at radius 3 is 2.93 bits per heavy atom.